The number of pyridine rings is 1. The molecule has 0 N–H and O–H groups in total. The molecule has 104 valence electrons. The fourth-order valence-electron chi connectivity index (χ4n) is 2.51. The molecule has 2 nitrogen and oxygen atoms in total. The molecule has 0 aliphatic carbocycles. The Morgan fingerprint density at radius 3 is 2.52 bits per heavy atom. The van der Waals surface area contributed by atoms with E-state index in [1.165, 1.54) is 5.56 Å². The first kappa shape index (κ1) is 13.5. The van der Waals surface area contributed by atoms with E-state index in [0.29, 0.717) is 6.42 Å². The van der Waals surface area contributed by atoms with Crippen LogP contribution in [-0.2, 0) is 12.8 Å². The predicted octanol–water partition coefficient (Wildman–Crippen LogP) is 4.22. The van der Waals surface area contributed by atoms with Crippen molar-refractivity contribution in [1.82, 2.24) is 4.98 Å². The summed E-state index contributed by atoms with van der Waals surface area (Å²) in [5.41, 5.74) is 3.99. The first-order chi connectivity index (χ1) is 10.3. The van der Waals surface area contributed by atoms with Crippen LogP contribution in [0.5, 0.6) is 0 Å². The van der Waals surface area contributed by atoms with E-state index >= 15 is 0 Å². The lowest BCUT2D eigenvalue weighted by Gasteiger charge is -2.06. The van der Waals surface area contributed by atoms with Gasteiger partial charge in [0.05, 0.1) is 5.52 Å². The molecule has 0 radical (unpaired) electrons. The van der Waals surface area contributed by atoms with Crippen molar-refractivity contribution < 1.29 is 4.79 Å². The molecule has 0 bridgehead atoms. The van der Waals surface area contributed by atoms with Crippen LogP contribution in [0, 0.1) is 0 Å². The highest BCUT2D eigenvalue weighted by molar-refractivity contribution is 5.99. The summed E-state index contributed by atoms with van der Waals surface area (Å²) in [6.07, 6.45) is 3.17. The molecule has 1 aromatic heterocycles. The van der Waals surface area contributed by atoms with Crippen LogP contribution >= 0.6 is 0 Å². The maximum atomic E-state index is 12.4. The van der Waals surface area contributed by atoms with Crippen molar-refractivity contribution in [3.63, 3.8) is 0 Å². The molecule has 0 aliphatic rings. The Kier molecular flexibility index (Phi) is 3.78. The molecule has 0 spiro atoms. The third-order valence-electron chi connectivity index (χ3n) is 3.77. The number of aryl methyl sites for hydroxylation is 1. The SMILES string of the molecule is CCc1ccc(C(=O)Cc2ccnc3ccccc23)cc1. The number of rotatable bonds is 4. The molecule has 21 heavy (non-hydrogen) atoms. The van der Waals surface area contributed by atoms with E-state index < -0.39 is 0 Å². The van der Waals surface area contributed by atoms with Gasteiger partial charge in [-0.3, -0.25) is 9.78 Å². The van der Waals surface area contributed by atoms with Crippen molar-refractivity contribution >= 4 is 16.7 Å². The molecule has 0 unspecified atom stereocenters. The number of para-hydroxylation sites is 1. The van der Waals surface area contributed by atoms with Gasteiger partial charge >= 0.3 is 0 Å². The Bertz CT molecular complexity index is 770. The lowest BCUT2D eigenvalue weighted by Crippen LogP contribution is -2.04. The molecule has 0 fully saturated rings. The highest BCUT2D eigenvalue weighted by Crippen LogP contribution is 2.18. The Balaban J connectivity index is 1.89. The maximum absolute atomic E-state index is 12.4. The fraction of sp³-hybridized carbons (Fsp3) is 0.158. The molecular formula is C19H17NO. The van der Waals surface area contributed by atoms with E-state index in [1.807, 2.05) is 54.6 Å². The maximum Gasteiger partial charge on any atom is 0.167 e. The zero-order valence-corrected chi connectivity index (χ0v) is 12.0. The molecule has 0 saturated heterocycles. The number of Topliss-reactive ketones (excluding diaryl/α,β-unsaturated/α-hetero) is 1. The molecule has 0 amide bonds. The zero-order valence-electron chi connectivity index (χ0n) is 12.0. The molecular weight excluding hydrogens is 258 g/mol. The van der Waals surface area contributed by atoms with Crippen LogP contribution in [-0.4, -0.2) is 10.8 Å². The first-order valence-corrected chi connectivity index (χ1v) is 7.22. The number of carbonyl (C=O) groups is 1. The third-order valence-corrected chi connectivity index (χ3v) is 3.77. The summed E-state index contributed by atoms with van der Waals surface area (Å²) < 4.78 is 0. The minimum Gasteiger partial charge on any atom is -0.294 e. The molecule has 3 aromatic rings. The van der Waals surface area contributed by atoms with Gasteiger partial charge in [-0.15, -0.1) is 0 Å². The molecule has 1 heterocycles. The fourth-order valence-corrected chi connectivity index (χ4v) is 2.51. The van der Waals surface area contributed by atoms with Gasteiger partial charge in [0.1, 0.15) is 0 Å². The number of carbonyl (C=O) groups excluding carboxylic acids is 1. The van der Waals surface area contributed by atoms with Crippen LogP contribution in [0.25, 0.3) is 10.9 Å². The second kappa shape index (κ2) is 5.88. The quantitative estimate of drug-likeness (QED) is 0.667. The largest absolute Gasteiger partial charge is 0.294 e. The average molecular weight is 275 g/mol. The second-order valence-corrected chi connectivity index (χ2v) is 5.14. The number of benzene rings is 2. The summed E-state index contributed by atoms with van der Waals surface area (Å²) >= 11 is 0. The Morgan fingerprint density at radius 2 is 1.76 bits per heavy atom. The van der Waals surface area contributed by atoms with E-state index in [0.717, 1.165) is 28.5 Å². The number of ketones is 1. The van der Waals surface area contributed by atoms with Crippen LogP contribution in [0.4, 0.5) is 0 Å². The smallest absolute Gasteiger partial charge is 0.167 e. The van der Waals surface area contributed by atoms with Gasteiger partial charge in [0, 0.05) is 23.6 Å². The van der Waals surface area contributed by atoms with Gasteiger partial charge in [0.25, 0.3) is 0 Å². The van der Waals surface area contributed by atoms with Crippen LogP contribution in [0.3, 0.4) is 0 Å². The number of hydrogen-bond donors (Lipinski definition) is 0. The summed E-state index contributed by atoms with van der Waals surface area (Å²) in [6.45, 7) is 2.11. The van der Waals surface area contributed by atoms with Crippen molar-refractivity contribution in [3.8, 4) is 0 Å². The summed E-state index contributed by atoms with van der Waals surface area (Å²) in [5, 5.41) is 1.05. The van der Waals surface area contributed by atoms with E-state index in [-0.39, 0.29) is 5.78 Å². The van der Waals surface area contributed by atoms with E-state index in [9.17, 15) is 4.79 Å². The highest BCUT2D eigenvalue weighted by Gasteiger charge is 2.09. The van der Waals surface area contributed by atoms with E-state index in [1.54, 1.807) is 6.20 Å². The van der Waals surface area contributed by atoms with Crippen molar-refractivity contribution in [2.75, 3.05) is 0 Å². The van der Waals surface area contributed by atoms with Gasteiger partial charge in [-0.2, -0.15) is 0 Å². The van der Waals surface area contributed by atoms with Crippen LogP contribution < -0.4 is 0 Å². The second-order valence-electron chi connectivity index (χ2n) is 5.14. The Hall–Kier alpha value is -2.48. The molecule has 0 saturated carbocycles. The summed E-state index contributed by atoms with van der Waals surface area (Å²) in [5.74, 6) is 0.147. The Morgan fingerprint density at radius 1 is 1.00 bits per heavy atom. The summed E-state index contributed by atoms with van der Waals surface area (Å²) in [6, 6.07) is 17.8. The minimum absolute atomic E-state index is 0.147. The summed E-state index contributed by atoms with van der Waals surface area (Å²) in [7, 11) is 0. The monoisotopic (exact) mass is 275 g/mol. The van der Waals surface area contributed by atoms with Crippen molar-refractivity contribution in [1.29, 1.82) is 0 Å². The first-order valence-electron chi connectivity index (χ1n) is 7.22. The Labute approximate surface area is 124 Å². The van der Waals surface area contributed by atoms with Crippen LogP contribution in [0.15, 0.2) is 60.8 Å². The standard InChI is InChI=1S/C19H17NO/c1-2-14-7-9-15(10-8-14)19(21)13-16-11-12-20-18-6-4-3-5-17(16)18/h3-12H,2,13H2,1H3. The van der Waals surface area contributed by atoms with Gasteiger partial charge in [-0.25, -0.2) is 0 Å². The lowest BCUT2D eigenvalue weighted by molar-refractivity contribution is 0.0993. The van der Waals surface area contributed by atoms with E-state index in [4.69, 9.17) is 0 Å². The van der Waals surface area contributed by atoms with Gasteiger partial charge in [0.2, 0.25) is 0 Å². The number of hydrogen-bond acceptors (Lipinski definition) is 2. The lowest BCUT2D eigenvalue weighted by atomic mass is 9.99. The van der Waals surface area contributed by atoms with Crippen molar-refractivity contribution in [2.45, 2.75) is 19.8 Å². The zero-order chi connectivity index (χ0) is 14.7. The molecule has 3 rings (SSSR count). The average Bonchev–Trinajstić information content (AvgIpc) is 2.55. The minimum atomic E-state index is 0.147. The third kappa shape index (κ3) is 2.84. The van der Waals surface area contributed by atoms with Crippen molar-refractivity contribution in [2.24, 2.45) is 0 Å². The van der Waals surface area contributed by atoms with Gasteiger partial charge in [-0.05, 0) is 29.7 Å². The van der Waals surface area contributed by atoms with Gasteiger partial charge in [-0.1, -0.05) is 49.4 Å². The van der Waals surface area contributed by atoms with E-state index in [2.05, 4.69) is 11.9 Å². The number of nitrogens with zero attached hydrogens (tertiary/aromatic N) is 1. The van der Waals surface area contributed by atoms with Gasteiger partial charge in [0.15, 0.2) is 5.78 Å². The highest BCUT2D eigenvalue weighted by atomic mass is 16.1. The molecule has 0 aliphatic heterocycles. The van der Waals surface area contributed by atoms with Crippen LogP contribution in [0.1, 0.15) is 28.4 Å². The molecule has 2 aromatic carbocycles. The topological polar surface area (TPSA) is 30.0 Å². The number of fused-ring (bicyclic) bond motifs is 1. The molecule has 2 heteroatoms. The molecule has 0 atom stereocenters. The number of aromatic nitrogens is 1. The van der Waals surface area contributed by atoms with Crippen molar-refractivity contribution in [3.05, 3.63) is 77.5 Å². The summed E-state index contributed by atoms with van der Waals surface area (Å²) in [4.78, 5) is 16.8. The van der Waals surface area contributed by atoms with Gasteiger partial charge < -0.3 is 0 Å². The van der Waals surface area contributed by atoms with Crippen LogP contribution in [0.2, 0.25) is 0 Å². The predicted molar refractivity (Wildman–Crippen MR) is 85.6 cm³/mol. The normalized spacial score (nSPS) is 10.7.